The molecule has 0 saturated carbocycles. The Morgan fingerprint density at radius 3 is 1.84 bits per heavy atom. The quantitative estimate of drug-likeness (QED) is 0.307. The van der Waals surface area contributed by atoms with E-state index in [-0.39, 0.29) is 24.3 Å². The van der Waals surface area contributed by atoms with E-state index in [4.69, 9.17) is 24.7 Å². The molecule has 10 nitrogen and oxygen atoms in total. The summed E-state index contributed by atoms with van der Waals surface area (Å²) in [4.78, 5) is 49.4. The van der Waals surface area contributed by atoms with E-state index in [9.17, 15) is 24.3 Å². The monoisotopic (exact) mass is 537 g/mol. The summed E-state index contributed by atoms with van der Waals surface area (Å²) < 4.78 is 21.5. The fourth-order valence-electron chi connectivity index (χ4n) is 2.97. The average Bonchev–Trinajstić information content (AvgIpc) is 2.73. The maximum absolute atomic E-state index is 12.6. The third kappa shape index (κ3) is 9.96. The van der Waals surface area contributed by atoms with Gasteiger partial charge in [0, 0.05) is 12.8 Å². The van der Waals surface area contributed by atoms with Gasteiger partial charge in [-0.3, -0.25) is 14.4 Å². The molecule has 0 fully saturated rings. The fraction of sp³-hybridized carbons (Fsp3) is 0.643. The van der Waals surface area contributed by atoms with Gasteiger partial charge in [-0.15, -0.1) is 0 Å². The predicted octanol–water partition coefficient (Wildman–Crippen LogP) is 5.03. The van der Waals surface area contributed by atoms with E-state index in [1.807, 2.05) is 6.92 Å². The Morgan fingerprint density at radius 1 is 0.895 bits per heavy atom. The van der Waals surface area contributed by atoms with E-state index in [2.05, 4.69) is 0 Å². The van der Waals surface area contributed by atoms with E-state index in [1.54, 1.807) is 55.4 Å². The van der Waals surface area contributed by atoms with Crippen molar-refractivity contribution in [3.63, 3.8) is 0 Å². The molecule has 0 aliphatic heterocycles. The van der Waals surface area contributed by atoms with Crippen LogP contribution in [0.5, 0.6) is 11.5 Å². The number of benzene rings is 1. The van der Waals surface area contributed by atoms with Crippen molar-refractivity contribution in [3.8, 4) is 11.5 Å². The lowest BCUT2D eigenvalue weighted by molar-refractivity contribution is -0.145. The van der Waals surface area contributed by atoms with Gasteiger partial charge in [0.1, 0.15) is 17.2 Å². The molecule has 0 aliphatic carbocycles. The summed E-state index contributed by atoms with van der Waals surface area (Å²) in [6.45, 7) is 16.9. The molecule has 1 rings (SSSR count). The number of nitrogens with two attached hydrogens (primary N) is 1. The van der Waals surface area contributed by atoms with Gasteiger partial charge in [-0.1, -0.05) is 13.0 Å². The molecule has 0 amide bonds. The molecular formula is C28H43NO9. The second-order valence-electron chi connectivity index (χ2n) is 12.3. The molecule has 0 aliphatic rings. The SMILES string of the molecule is CCC(C)(C)OC(=O)O[C@@H](C)CC(N)(Cc1ccc(OC(=O)C(C)(C)C)c(OC(=O)C(C)(C)C)c1)C(=O)O. The zero-order valence-corrected chi connectivity index (χ0v) is 24.2. The largest absolute Gasteiger partial charge is 0.509 e. The molecule has 214 valence electrons. The molecule has 0 saturated heterocycles. The minimum atomic E-state index is -1.84. The second-order valence-corrected chi connectivity index (χ2v) is 12.3. The Morgan fingerprint density at radius 2 is 1.39 bits per heavy atom. The molecule has 3 N–H and O–H groups in total. The average molecular weight is 538 g/mol. The number of ether oxygens (including phenoxy) is 4. The van der Waals surface area contributed by atoms with E-state index in [0.717, 1.165) is 0 Å². The van der Waals surface area contributed by atoms with Gasteiger partial charge in [-0.05, 0) is 86.4 Å². The van der Waals surface area contributed by atoms with Crippen molar-refractivity contribution in [1.29, 1.82) is 0 Å². The van der Waals surface area contributed by atoms with Gasteiger partial charge in [-0.25, -0.2) is 4.79 Å². The summed E-state index contributed by atoms with van der Waals surface area (Å²) >= 11 is 0. The van der Waals surface area contributed by atoms with E-state index in [0.29, 0.717) is 12.0 Å². The Labute approximate surface area is 225 Å². The van der Waals surface area contributed by atoms with E-state index < -0.39 is 52.1 Å². The number of carbonyl (C=O) groups excluding carboxylic acids is 3. The summed E-state index contributed by atoms with van der Waals surface area (Å²) in [7, 11) is 0. The highest BCUT2D eigenvalue weighted by Gasteiger charge is 2.38. The van der Waals surface area contributed by atoms with Gasteiger partial charge in [-0.2, -0.15) is 0 Å². The molecule has 1 aromatic rings. The maximum Gasteiger partial charge on any atom is 0.509 e. The fourth-order valence-corrected chi connectivity index (χ4v) is 2.97. The normalized spacial score (nSPS) is 14.6. The van der Waals surface area contributed by atoms with Crippen LogP contribution in [0.15, 0.2) is 18.2 Å². The summed E-state index contributed by atoms with van der Waals surface area (Å²) in [5.74, 6) is -2.45. The molecule has 2 atom stereocenters. The molecule has 1 aromatic carbocycles. The van der Waals surface area contributed by atoms with Crippen LogP contribution < -0.4 is 15.2 Å². The van der Waals surface area contributed by atoms with Crippen LogP contribution in [0.3, 0.4) is 0 Å². The van der Waals surface area contributed by atoms with Crippen LogP contribution in [-0.4, -0.2) is 46.4 Å². The number of esters is 2. The first-order valence-electron chi connectivity index (χ1n) is 12.6. The first-order chi connectivity index (χ1) is 17.1. The Hall–Kier alpha value is -3.14. The number of aliphatic carboxylic acids is 1. The number of carboxylic acid groups (broad SMARTS) is 1. The lowest BCUT2D eigenvalue weighted by Crippen LogP contribution is -2.52. The zero-order chi connectivity index (χ0) is 29.7. The van der Waals surface area contributed by atoms with Crippen LogP contribution in [0, 0.1) is 10.8 Å². The molecule has 38 heavy (non-hydrogen) atoms. The summed E-state index contributed by atoms with van der Waals surface area (Å²) in [6.07, 6.45) is -1.64. The predicted molar refractivity (Wildman–Crippen MR) is 141 cm³/mol. The molecule has 1 unspecified atom stereocenters. The Bertz CT molecular complexity index is 1030. The van der Waals surface area contributed by atoms with Crippen molar-refractivity contribution < 1.29 is 43.2 Å². The Balaban J connectivity index is 3.25. The summed E-state index contributed by atoms with van der Waals surface area (Å²) in [5, 5.41) is 9.93. The van der Waals surface area contributed by atoms with Crippen LogP contribution in [-0.2, 0) is 30.3 Å². The summed E-state index contributed by atoms with van der Waals surface area (Å²) in [6, 6.07) is 4.38. The van der Waals surface area contributed by atoms with Crippen LogP contribution in [0.4, 0.5) is 4.79 Å². The highest BCUT2D eigenvalue weighted by molar-refractivity contribution is 5.82. The highest BCUT2D eigenvalue weighted by Crippen LogP contribution is 2.34. The molecule has 0 aromatic heterocycles. The number of carboxylic acids is 1. The molecule has 0 heterocycles. The summed E-state index contributed by atoms with van der Waals surface area (Å²) in [5.41, 5.74) is 2.44. The third-order valence-corrected chi connectivity index (χ3v) is 5.74. The van der Waals surface area contributed by atoms with Crippen molar-refractivity contribution in [1.82, 2.24) is 0 Å². The van der Waals surface area contributed by atoms with Gasteiger partial charge < -0.3 is 29.8 Å². The second kappa shape index (κ2) is 12.1. The van der Waals surface area contributed by atoms with Crippen molar-refractivity contribution in [3.05, 3.63) is 23.8 Å². The van der Waals surface area contributed by atoms with E-state index >= 15 is 0 Å². The van der Waals surface area contributed by atoms with Crippen molar-refractivity contribution >= 4 is 24.1 Å². The molecule has 0 radical (unpaired) electrons. The number of carbonyl (C=O) groups is 4. The van der Waals surface area contributed by atoms with Crippen molar-refractivity contribution in [2.24, 2.45) is 16.6 Å². The maximum atomic E-state index is 12.6. The van der Waals surface area contributed by atoms with Gasteiger partial charge in [0.25, 0.3) is 0 Å². The smallest absolute Gasteiger partial charge is 0.480 e. The zero-order valence-electron chi connectivity index (χ0n) is 24.2. The van der Waals surface area contributed by atoms with Crippen LogP contribution >= 0.6 is 0 Å². The first-order valence-corrected chi connectivity index (χ1v) is 12.6. The van der Waals surface area contributed by atoms with Crippen LogP contribution in [0.2, 0.25) is 0 Å². The van der Waals surface area contributed by atoms with Crippen LogP contribution in [0.25, 0.3) is 0 Å². The van der Waals surface area contributed by atoms with E-state index in [1.165, 1.54) is 25.1 Å². The molecule has 0 bridgehead atoms. The first kappa shape index (κ1) is 32.9. The van der Waals surface area contributed by atoms with Gasteiger partial charge in [0.2, 0.25) is 0 Å². The minimum Gasteiger partial charge on any atom is -0.480 e. The third-order valence-electron chi connectivity index (χ3n) is 5.74. The number of hydrogen-bond acceptors (Lipinski definition) is 9. The van der Waals surface area contributed by atoms with Crippen molar-refractivity contribution in [2.75, 3.05) is 0 Å². The minimum absolute atomic E-state index is 0.0159. The lowest BCUT2D eigenvalue weighted by Gasteiger charge is -2.29. The molecular weight excluding hydrogens is 494 g/mol. The standard InChI is InChI=1S/C28H43NO9/c1-11-27(9,10)38-24(34)35-17(2)15-28(29,21(30)31)16-18-12-13-19(36-22(32)25(3,4)5)20(14-18)37-23(33)26(6,7)8/h12-14,17H,11,15-16,29H2,1-10H3,(H,30,31)/t17-,28?/m0/s1. The Kier molecular flexibility index (Phi) is 10.5. The van der Waals surface area contributed by atoms with Gasteiger partial charge >= 0.3 is 24.1 Å². The number of rotatable bonds is 10. The van der Waals surface area contributed by atoms with Crippen LogP contribution in [0.1, 0.15) is 87.6 Å². The topological polar surface area (TPSA) is 151 Å². The number of hydrogen-bond donors (Lipinski definition) is 2. The van der Waals surface area contributed by atoms with Crippen molar-refractivity contribution in [2.45, 2.75) is 106 Å². The molecule has 10 heteroatoms. The van der Waals surface area contributed by atoms with Gasteiger partial charge in [0.15, 0.2) is 11.5 Å². The lowest BCUT2D eigenvalue weighted by atomic mass is 9.86. The highest BCUT2D eigenvalue weighted by atomic mass is 16.7. The van der Waals surface area contributed by atoms with Gasteiger partial charge in [0.05, 0.1) is 10.8 Å². The molecule has 0 spiro atoms.